The highest BCUT2D eigenvalue weighted by Crippen LogP contribution is 2.13. The normalized spacial score (nSPS) is 26.9. The number of aliphatic hydroxyl groups excluding tert-OH is 2. The molecule has 1 aliphatic rings. The monoisotopic (exact) mass is 197 g/mol. The molecular formula is C8H11N3O3. The van der Waals surface area contributed by atoms with Crippen LogP contribution in [-0.2, 0) is 0 Å². The standard InChI is InChI=1S/C8H11N3O3/c12-6-3-11(4-7(6)13)8(14)5-1-9-10-2-5/h1-2,6-7,12-13H,3-4H2,(H,9,10)/t6-,7+. The summed E-state index contributed by atoms with van der Waals surface area (Å²) >= 11 is 0. The lowest BCUT2D eigenvalue weighted by Crippen LogP contribution is -2.29. The number of hydrogen-bond acceptors (Lipinski definition) is 4. The van der Waals surface area contributed by atoms with E-state index in [1.54, 1.807) is 0 Å². The van der Waals surface area contributed by atoms with Gasteiger partial charge in [-0.15, -0.1) is 0 Å². The molecule has 6 heteroatoms. The van der Waals surface area contributed by atoms with Crippen molar-refractivity contribution < 1.29 is 15.0 Å². The van der Waals surface area contributed by atoms with Gasteiger partial charge in [-0.2, -0.15) is 5.10 Å². The third kappa shape index (κ3) is 1.49. The number of carbonyl (C=O) groups is 1. The molecule has 6 nitrogen and oxygen atoms in total. The SMILES string of the molecule is O=C(c1cn[nH]c1)N1C[C@@H](O)[C@@H](O)C1. The minimum atomic E-state index is -0.842. The molecule has 1 saturated heterocycles. The van der Waals surface area contributed by atoms with E-state index in [2.05, 4.69) is 10.2 Å². The number of amides is 1. The minimum Gasteiger partial charge on any atom is -0.388 e. The molecule has 76 valence electrons. The van der Waals surface area contributed by atoms with Gasteiger partial charge in [-0.25, -0.2) is 0 Å². The summed E-state index contributed by atoms with van der Waals surface area (Å²) in [6, 6.07) is 0. The van der Waals surface area contributed by atoms with Crippen LogP contribution in [0.2, 0.25) is 0 Å². The van der Waals surface area contributed by atoms with Crippen LogP contribution in [0.15, 0.2) is 12.4 Å². The van der Waals surface area contributed by atoms with Crippen LogP contribution in [0.5, 0.6) is 0 Å². The molecule has 2 heterocycles. The Labute approximate surface area is 80.2 Å². The molecule has 3 N–H and O–H groups in total. The Bertz CT molecular complexity index is 315. The first-order chi connectivity index (χ1) is 6.68. The van der Waals surface area contributed by atoms with Crippen LogP contribution in [0.25, 0.3) is 0 Å². The number of likely N-dealkylation sites (tertiary alicyclic amines) is 1. The number of β-amino-alcohol motifs (C(OH)–C–C–N with tert-alkyl or cyclic N) is 2. The summed E-state index contributed by atoms with van der Waals surface area (Å²) < 4.78 is 0. The van der Waals surface area contributed by atoms with Crippen molar-refractivity contribution in [3.8, 4) is 0 Å². The first kappa shape index (κ1) is 9.17. The predicted octanol–water partition coefficient (Wildman–Crippen LogP) is -1.41. The molecule has 1 amide bonds. The van der Waals surface area contributed by atoms with Crippen LogP contribution in [0, 0.1) is 0 Å². The Morgan fingerprint density at radius 1 is 1.50 bits per heavy atom. The molecule has 2 rings (SSSR count). The smallest absolute Gasteiger partial charge is 0.257 e. The molecule has 0 bridgehead atoms. The third-order valence-electron chi connectivity index (χ3n) is 2.29. The van der Waals surface area contributed by atoms with E-state index in [1.165, 1.54) is 17.3 Å². The summed E-state index contributed by atoms with van der Waals surface area (Å²) in [6.45, 7) is 0.344. The van der Waals surface area contributed by atoms with Crippen LogP contribution in [0.4, 0.5) is 0 Å². The number of aromatic amines is 1. The van der Waals surface area contributed by atoms with Gasteiger partial charge in [0.15, 0.2) is 0 Å². The van der Waals surface area contributed by atoms with Crippen LogP contribution in [-0.4, -0.2) is 56.5 Å². The van der Waals surface area contributed by atoms with Gasteiger partial charge in [-0.3, -0.25) is 9.89 Å². The maximum absolute atomic E-state index is 11.6. The van der Waals surface area contributed by atoms with E-state index in [9.17, 15) is 15.0 Å². The molecule has 14 heavy (non-hydrogen) atoms. The fourth-order valence-corrected chi connectivity index (χ4v) is 1.49. The second kappa shape index (κ2) is 3.39. The molecule has 1 aromatic heterocycles. The first-order valence-corrected chi connectivity index (χ1v) is 4.32. The number of nitrogens with one attached hydrogen (secondary N) is 1. The Kier molecular flexibility index (Phi) is 2.22. The maximum Gasteiger partial charge on any atom is 0.257 e. The highest BCUT2D eigenvalue weighted by molar-refractivity contribution is 5.93. The number of aromatic nitrogens is 2. The van der Waals surface area contributed by atoms with E-state index in [0.29, 0.717) is 5.56 Å². The number of H-pyrrole nitrogens is 1. The summed E-state index contributed by atoms with van der Waals surface area (Å²) in [7, 11) is 0. The van der Waals surface area contributed by atoms with E-state index in [1.807, 2.05) is 0 Å². The molecular weight excluding hydrogens is 186 g/mol. The van der Waals surface area contributed by atoms with Gasteiger partial charge in [0.1, 0.15) is 0 Å². The number of carbonyl (C=O) groups excluding carboxylic acids is 1. The van der Waals surface area contributed by atoms with Crippen molar-refractivity contribution in [2.45, 2.75) is 12.2 Å². The van der Waals surface area contributed by atoms with E-state index in [4.69, 9.17) is 0 Å². The average Bonchev–Trinajstić information content (AvgIpc) is 2.76. The molecule has 0 radical (unpaired) electrons. The lowest BCUT2D eigenvalue weighted by Gasteiger charge is -2.13. The largest absolute Gasteiger partial charge is 0.388 e. The second-order valence-corrected chi connectivity index (χ2v) is 3.33. The second-order valence-electron chi connectivity index (χ2n) is 3.33. The van der Waals surface area contributed by atoms with Gasteiger partial charge in [-0.05, 0) is 0 Å². The van der Waals surface area contributed by atoms with Gasteiger partial charge >= 0.3 is 0 Å². The van der Waals surface area contributed by atoms with Crippen LogP contribution >= 0.6 is 0 Å². The number of nitrogens with zero attached hydrogens (tertiary/aromatic N) is 2. The summed E-state index contributed by atoms with van der Waals surface area (Å²) in [6.07, 6.45) is 1.22. The van der Waals surface area contributed by atoms with Crippen molar-refractivity contribution in [3.05, 3.63) is 18.0 Å². The molecule has 1 aliphatic heterocycles. The van der Waals surface area contributed by atoms with Gasteiger partial charge in [-0.1, -0.05) is 0 Å². The number of aliphatic hydroxyl groups is 2. The van der Waals surface area contributed by atoms with Crippen LogP contribution < -0.4 is 0 Å². The summed E-state index contributed by atoms with van der Waals surface area (Å²) in [5, 5.41) is 24.7. The van der Waals surface area contributed by atoms with Gasteiger partial charge < -0.3 is 15.1 Å². The Morgan fingerprint density at radius 2 is 2.14 bits per heavy atom. The predicted molar refractivity (Wildman–Crippen MR) is 46.5 cm³/mol. The lowest BCUT2D eigenvalue weighted by atomic mass is 10.3. The molecule has 0 aliphatic carbocycles. The molecule has 0 spiro atoms. The van der Waals surface area contributed by atoms with Gasteiger partial charge in [0.2, 0.25) is 0 Å². The van der Waals surface area contributed by atoms with Crippen molar-refractivity contribution in [1.29, 1.82) is 0 Å². The molecule has 0 aromatic carbocycles. The van der Waals surface area contributed by atoms with Crippen LogP contribution in [0.3, 0.4) is 0 Å². The fraction of sp³-hybridized carbons (Fsp3) is 0.500. The summed E-state index contributed by atoms with van der Waals surface area (Å²) in [5.74, 6) is -0.227. The van der Waals surface area contributed by atoms with Gasteiger partial charge in [0.05, 0.1) is 24.0 Å². The zero-order chi connectivity index (χ0) is 10.1. The van der Waals surface area contributed by atoms with Gasteiger partial charge in [0, 0.05) is 19.3 Å². The third-order valence-corrected chi connectivity index (χ3v) is 2.29. The maximum atomic E-state index is 11.6. The fourth-order valence-electron chi connectivity index (χ4n) is 1.49. The van der Waals surface area contributed by atoms with Crippen molar-refractivity contribution in [2.75, 3.05) is 13.1 Å². The minimum absolute atomic E-state index is 0.172. The molecule has 2 atom stereocenters. The number of rotatable bonds is 1. The first-order valence-electron chi connectivity index (χ1n) is 4.32. The number of hydrogen-bond donors (Lipinski definition) is 3. The van der Waals surface area contributed by atoms with Crippen molar-refractivity contribution in [2.24, 2.45) is 0 Å². The van der Waals surface area contributed by atoms with E-state index >= 15 is 0 Å². The summed E-state index contributed by atoms with van der Waals surface area (Å²) in [4.78, 5) is 13.0. The Hall–Kier alpha value is -1.40. The van der Waals surface area contributed by atoms with E-state index in [0.717, 1.165) is 0 Å². The molecule has 0 unspecified atom stereocenters. The topological polar surface area (TPSA) is 89.5 Å². The highest BCUT2D eigenvalue weighted by atomic mass is 16.3. The quantitative estimate of drug-likeness (QED) is 0.516. The Balaban J connectivity index is 2.07. The van der Waals surface area contributed by atoms with E-state index < -0.39 is 12.2 Å². The molecule has 1 fully saturated rings. The van der Waals surface area contributed by atoms with E-state index in [-0.39, 0.29) is 19.0 Å². The highest BCUT2D eigenvalue weighted by Gasteiger charge is 2.33. The van der Waals surface area contributed by atoms with Crippen molar-refractivity contribution >= 4 is 5.91 Å². The average molecular weight is 197 g/mol. The summed E-state index contributed by atoms with van der Waals surface area (Å²) in [5.41, 5.74) is 0.436. The lowest BCUT2D eigenvalue weighted by molar-refractivity contribution is 0.0572. The Morgan fingerprint density at radius 3 is 2.64 bits per heavy atom. The van der Waals surface area contributed by atoms with Crippen molar-refractivity contribution in [3.63, 3.8) is 0 Å². The zero-order valence-corrected chi connectivity index (χ0v) is 7.42. The van der Waals surface area contributed by atoms with Crippen LogP contribution in [0.1, 0.15) is 10.4 Å². The van der Waals surface area contributed by atoms with Gasteiger partial charge in [0.25, 0.3) is 5.91 Å². The molecule has 0 saturated carbocycles. The van der Waals surface area contributed by atoms with Crippen molar-refractivity contribution in [1.82, 2.24) is 15.1 Å². The molecule has 1 aromatic rings. The zero-order valence-electron chi connectivity index (χ0n) is 7.42.